The summed E-state index contributed by atoms with van der Waals surface area (Å²) in [5, 5.41) is 0. The Hall–Kier alpha value is -2.39. The third-order valence-corrected chi connectivity index (χ3v) is 6.28. The highest BCUT2D eigenvalue weighted by molar-refractivity contribution is 7.89. The van der Waals surface area contributed by atoms with E-state index in [0.29, 0.717) is 0 Å². The lowest BCUT2D eigenvalue weighted by molar-refractivity contribution is -0.137. The highest BCUT2D eigenvalue weighted by atomic mass is 32.2. The van der Waals surface area contributed by atoms with Gasteiger partial charge in [0.1, 0.15) is 0 Å². The van der Waals surface area contributed by atoms with Crippen molar-refractivity contribution in [3.63, 3.8) is 0 Å². The third-order valence-electron chi connectivity index (χ3n) is 4.37. The molecule has 0 spiro atoms. The van der Waals surface area contributed by atoms with E-state index in [9.17, 15) is 26.4 Å². The van der Waals surface area contributed by atoms with Crippen LogP contribution in [-0.2, 0) is 16.2 Å². The van der Waals surface area contributed by atoms with Crippen molar-refractivity contribution in [3.05, 3.63) is 65.7 Å². The Morgan fingerprint density at radius 1 is 0.852 bits per heavy atom. The molecular formula is C18H17F3N2O3S. The van der Waals surface area contributed by atoms with Crippen molar-refractivity contribution in [2.45, 2.75) is 11.1 Å². The van der Waals surface area contributed by atoms with Crippen molar-refractivity contribution >= 4 is 15.9 Å². The first-order valence-corrected chi connectivity index (χ1v) is 9.65. The predicted molar refractivity (Wildman–Crippen MR) is 92.5 cm³/mol. The number of rotatable bonds is 3. The lowest BCUT2D eigenvalue weighted by atomic mass is 10.1. The van der Waals surface area contributed by atoms with Crippen molar-refractivity contribution in [1.29, 1.82) is 0 Å². The van der Waals surface area contributed by atoms with E-state index in [4.69, 9.17) is 0 Å². The van der Waals surface area contributed by atoms with Crippen molar-refractivity contribution in [2.24, 2.45) is 0 Å². The van der Waals surface area contributed by atoms with Gasteiger partial charge in [0.2, 0.25) is 10.0 Å². The van der Waals surface area contributed by atoms with Crippen LogP contribution in [0, 0.1) is 0 Å². The normalized spacial score (nSPS) is 16.3. The maximum Gasteiger partial charge on any atom is 0.416 e. The van der Waals surface area contributed by atoms with Gasteiger partial charge in [-0.15, -0.1) is 0 Å². The van der Waals surface area contributed by atoms with E-state index in [1.165, 1.54) is 21.3 Å². The molecule has 1 saturated heterocycles. The minimum Gasteiger partial charge on any atom is -0.336 e. The molecule has 1 amide bonds. The van der Waals surface area contributed by atoms with E-state index < -0.39 is 27.7 Å². The predicted octanol–water partition coefficient (Wildman–Crippen LogP) is 2.85. The van der Waals surface area contributed by atoms with Crippen LogP contribution < -0.4 is 0 Å². The zero-order valence-electron chi connectivity index (χ0n) is 14.2. The summed E-state index contributed by atoms with van der Waals surface area (Å²) in [6.07, 6.45) is -4.46. The summed E-state index contributed by atoms with van der Waals surface area (Å²) in [6, 6.07) is 12.0. The van der Waals surface area contributed by atoms with Crippen LogP contribution in [0.25, 0.3) is 0 Å². The number of hydrogen-bond acceptors (Lipinski definition) is 3. The monoisotopic (exact) mass is 398 g/mol. The highest BCUT2D eigenvalue weighted by Crippen LogP contribution is 2.29. The number of amides is 1. The summed E-state index contributed by atoms with van der Waals surface area (Å²) >= 11 is 0. The molecule has 3 rings (SSSR count). The Morgan fingerprint density at radius 3 is 1.93 bits per heavy atom. The fourth-order valence-corrected chi connectivity index (χ4v) is 4.30. The summed E-state index contributed by atoms with van der Waals surface area (Å²) in [5.74, 6) is -0.416. The van der Waals surface area contributed by atoms with E-state index in [0.717, 1.165) is 24.3 Å². The van der Waals surface area contributed by atoms with Gasteiger partial charge in [0, 0.05) is 31.7 Å². The summed E-state index contributed by atoms with van der Waals surface area (Å²) in [7, 11) is -3.63. The van der Waals surface area contributed by atoms with Gasteiger partial charge in [-0.05, 0) is 36.4 Å². The van der Waals surface area contributed by atoms with Crippen LogP contribution in [0.1, 0.15) is 15.9 Å². The van der Waals surface area contributed by atoms with Crippen molar-refractivity contribution in [2.75, 3.05) is 26.2 Å². The molecule has 2 aromatic carbocycles. The Bertz CT molecular complexity index is 905. The van der Waals surface area contributed by atoms with Gasteiger partial charge in [-0.3, -0.25) is 4.79 Å². The van der Waals surface area contributed by atoms with E-state index in [-0.39, 0.29) is 36.6 Å². The summed E-state index contributed by atoms with van der Waals surface area (Å²) < 4.78 is 64.3. The van der Waals surface area contributed by atoms with Crippen LogP contribution in [0.2, 0.25) is 0 Å². The molecule has 27 heavy (non-hydrogen) atoms. The first-order chi connectivity index (χ1) is 12.7. The zero-order chi connectivity index (χ0) is 19.7. The number of alkyl halides is 3. The maximum atomic E-state index is 12.6. The summed E-state index contributed by atoms with van der Waals surface area (Å²) in [5.41, 5.74) is -0.680. The molecule has 0 unspecified atom stereocenters. The number of hydrogen-bond donors (Lipinski definition) is 0. The van der Waals surface area contributed by atoms with Gasteiger partial charge >= 0.3 is 6.18 Å². The first-order valence-electron chi connectivity index (χ1n) is 8.21. The molecule has 0 N–H and O–H groups in total. The molecule has 0 bridgehead atoms. The van der Waals surface area contributed by atoms with E-state index in [2.05, 4.69) is 0 Å². The first kappa shape index (κ1) is 19.4. The summed E-state index contributed by atoms with van der Waals surface area (Å²) in [4.78, 5) is 14.1. The molecule has 1 aliphatic rings. The average Bonchev–Trinajstić information content (AvgIpc) is 2.67. The Kier molecular flexibility index (Phi) is 5.25. The molecule has 2 aromatic rings. The van der Waals surface area contributed by atoms with Crippen LogP contribution in [0.4, 0.5) is 13.2 Å². The van der Waals surface area contributed by atoms with Crippen LogP contribution in [-0.4, -0.2) is 49.7 Å². The molecule has 0 radical (unpaired) electrons. The molecule has 0 saturated carbocycles. The van der Waals surface area contributed by atoms with Crippen LogP contribution in [0.15, 0.2) is 59.5 Å². The molecular weight excluding hydrogens is 381 g/mol. The van der Waals surface area contributed by atoms with Crippen LogP contribution in [0.3, 0.4) is 0 Å². The largest absolute Gasteiger partial charge is 0.416 e. The van der Waals surface area contributed by atoms with Gasteiger partial charge in [-0.1, -0.05) is 18.2 Å². The number of carbonyl (C=O) groups excluding carboxylic acids is 1. The van der Waals surface area contributed by atoms with Gasteiger partial charge in [0.15, 0.2) is 0 Å². The Balaban J connectivity index is 1.66. The maximum absolute atomic E-state index is 12.6. The summed E-state index contributed by atoms with van der Waals surface area (Å²) in [6.45, 7) is 0.602. The molecule has 9 heteroatoms. The average molecular weight is 398 g/mol. The van der Waals surface area contributed by atoms with Gasteiger partial charge < -0.3 is 4.90 Å². The van der Waals surface area contributed by atoms with Gasteiger partial charge in [0.05, 0.1) is 10.5 Å². The topological polar surface area (TPSA) is 57.7 Å². The van der Waals surface area contributed by atoms with Gasteiger partial charge in [-0.25, -0.2) is 8.42 Å². The van der Waals surface area contributed by atoms with Crippen molar-refractivity contribution in [1.82, 2.24) is 9.21 Å². The molecule has 1 heterocycles. The highest BCUT2D eigenvalue weighted by Gasteiger charge is 2.32. The van der Waals surface area contributed by atoms with Gasteiger partial charge in [-0.2, -0.15) is 17.5 Å². The number of halogens is 3. The van der Waals surface area contributed by atoms with Gasteiger partial charge in [0.25, 0.3) is 5.91 Å². The molecule has 5 nitrogen and oxygen atoms in total. The Labute approximate surface area is 155 Å². The quantitative estimate of drug-likeness (QED) is 0.799. The van der Waals surface area contributed by atoms with E-state index in [1.54, 1.807) is 18.2 Å². The second-order valence-corrected chi connectivity index (χ2v) is 8.02. The number of carbonyl (C=O) groups is 1. The number of piperazine rings is 1. The number of sulfonamides is 1. The molecule has 0 aromatic heterocycles. The molecule has 0 atom stereocenters. The van der Waals surface area contributed by atoms with Crippen LogP contribution >= 0.6 is 0 Å². The van der Waals surface area contributed by atoms with Crippen molar-refractivity contribution in [3.8, 4) is 0 Å². The molecule has 1 aliphatic heterocycles. The van der Waals surface area contributed by atoms with E-state index >= 15 is 0 Å². The molecule has 1 fully saturated rings. The fraction of sp³-hybridized carbons (Fsp3) is 0.278. The van der Waals surface area contributed by atoms with E-state index in [1.807, 2.05) is 0 Å². The third kappa shape index (κ3) is 4.14. The fourth-order valence-electron chi connectivity index (χ4n) is 2.86. The van der Waals surface area contributed by atoms with Crippen molar-refractivity contribution < 1.29 is 26.4 Å². The van der Waals surface area contributed by atoms with Crippen LogP contribution in [0.5, 0.6) is 0 Å². The SMILES string of the molecule is O=C(c1ccc(C(F)(F)F)cc1)N1CCN(S(=O)(=O)c2ccccc2)CC1. The molecule has 144 valence electrons. The zero-order valence-corrected chi connectivity index (χ0v) is 15.0. The lowest BCUT2D eigenvalue weighted by Gasteiger charge is -2.34. The Morgan fingerprint density at radius 2 is 1.41 bits per heavy atom. The second kappa shape index (κ2) is 7.32. The number of benzene rings is 2. The second-order valence-electron chi connectivity index (χ2n) is 6.08. The smallest absolute Gasteiger partial charge is 0.336 e. The minimum atomic E-state index is -4.46. The minimum absolute atomic E-state index is 0.129. The molecule has 0 aliphatic carbocycles. The standard InChI is InChI=1S/C18H17F3N2O3S/c19-18(20,21)15-8-6-14(7-9-15)17(24)22-10-12-23(13-11-22)27(25,26)16-4-2-1-3-5-16/h1-9H,10-13H2. The lowest BCUT2D eigenvalue weighted by Crippen LogP contribution is -2.50. The number of nitrogens with zero attached hydrogens (tertiary/aromatic N) is 2.